The van der Waals surface area contributed by atoms with E-state index in [0.717, 1.165) is 26.2 Å². The summed E-state index contributed by atoms with van der Waals surface area (Å²) >= 11 is 0. The predicted molar refractivity (Wildman–Crippen MR) is 70.2 cm³/mol. The van der Waals surface area contributed by atoms with Gasteiger partial charge in [0.1, 0.15) is 5.75 Å². The molecule has 1 aliphatic rings. The molecule has 0 radical (unpaired) electrons. The first-order valence-corrected chi connectivity index (χ1v) is 7.54. The lowest BCUT2D eigenvalue weighted by Gasteiger charge is -2.32. The maximum absolute atomic E-state index is 11.8. The number of carbonyl (C=O) groups excluding carboxylic acids is 1. The fraction of sp³-hybridized carbons (Fsp3) is 0.909. The molecule has 2 atom stereocenters. The van der Waals surface area contributed by atoms with E-state index in [1.807, 2.05) is 18.9 Å². The van der Waals surface area contributed by atoms with E-state index in [-0.39, 0.29) is 17.7 Å². The van der Waals surface area contributed by atoms with Gasteiger partial charge in [-0.15, -0.1) is 0 Å². The van der Waals surface area contributed by atoms with Gasteiger partial charge in [-0.1, -0.05) is 0 Å². The number of carbonyl (C=O) groups is 1. The molecule has 2 N–H and O–H groups in total. The van der Waals surface area contributed by atoms with Crippen molar-refractivity contribution in [1.82, 2.24) is 9.80 Å². The summed E-state index contributed by atoms with van der Waals surface area (Å²) in [5.74, 6) is 0.689. The SMILES string of the molecule is CC(N)CCS(=O)CC(=O)N1CCN(C)CC1. The molecule has 0 saturated carbocycles. The van der Waals surface area contributed by atoms with Gasteiger partial charge in [0, 0.05) is 48.8 Å². The lowest BCUT2D eigenvalue weighted by atomic mass is 10.3. The van der Waals surface area contributed by atoms with Crippen LogP contribution in [0.25, 0.3) is 0 Å². The number of hydrogen-bond donors (Lipinski definition) is 1. The molecule has 1 saturated heterocycles. The first kappa shape index (κ1) is 14.6. The normalized spacial score (nSPS) is 21.2. The zero-order valence-electron chi connectivity index (χ0n) is 10.7. The first-order valence-electron chi connectivity index (χ1n) is 6.06. The van der Waals surface area contributed by atoms with E-state index in [1.54, 1.807) is 0 Å². The number of amides is 1. The summed E-state index contributed by atoms with van der Waals surface area (Å²) in [5, 5.41) is 0. The highest BCUT2D eigenvalue weighted by molar-refractivity contribution is 7.85. The summed E-state index contributed by atoms with van der Waals surface area (Å²) < 4.78 is 11.7. The van der Waals surface area contributed by atoms with Crippen molar-refractivity contribution in [3.05, 3.63) is 0 Å². The highest BCUT2D eigenvalue weighted by Crippen LogP contribution is 2.01. The van der Waals surface area contributed by atoms with E-state index in [1.165, 1.54) is 0 Å². The van der Waals surface area contributed by atoms with Gasteiger partial charge in [0.05, 0.1) is 0 Å². The molecule has 6 heteroatoms. The average Bonchev–Trinajstić information content (AvgIpc) is 2.27. The molecule has 0 aromatic rings. The molecule has 100 valence electrons. The standard InChI is InChI=1S/C11H23N3O2S/c1-10(12)3-8-17(16)9-11(15)14-6-4-13(2)5-7-14/h10H,3-9,12H2,1-2H3. The Balaban J connectivity index is 2.26. The second-order valence-corrected chi connectivity index (χ2v) is 6.31. The molecule has 0 aromatic heterocycles. The summed E-state index contributed by atoms with van der Waals surface area (Å²) in [6, 6.07) is 0.0534. The van der Waals surface area contributed by atoms with E-state index in [0.29, 0.717) is 12.2 Å². The van der Waals surface area contributed by atoms with Gasteiger partial charge in [-0.2, -0.15) is 0 Å². The largest absolute Gasteiger partial charge is 0.339 e. The Morgan fingerprint density at radius 3 is 2.47 bits per heavy atom. The summed E-state index contributed by atoms with van der Waals surface area (Å²) in [4.78, 5) is 15.8. The predicted octanol–water partition coefficient (Wildman–Crippen LogP) is -0.754. The molecule has 0 bridgehead atoms. The molecule has 0 aliphatic carbocycles. The van der Waals surface area contributed by atoms with Crippen LogP contribution >= 0.6 is 0 Å². The molecular weight excluding hydrogens is 238 g/mol. The van der Waals surface area contributed by atoms with Gasteiger partial charge in [0.15, 0.2) is 0 Å². The Labute approximate surface area is 106 Å². The van der Waals surface area contributed by atoms with Crippen molar-refractivity contribution in [1.29, 1.82) is 0 Å². The van der Waals surface area contributed by atoms with Crippen molar-refractivity contribution in [3.8, 4) is 0 Å². The van der Waals surface area contributed by atoms with Gasteiger partial charge in [-0.05, 0) is 20.4 Å². The molecule has 1 heterocycles. The molecule has 1 aliphatic heterocycles. The number of nitrogens with two attached hydrogens (primary N) is 1. The van der Waals surface area contributed by atoms with Crippen LogP contribution in [0.3, 0.4) is 0 Å². The zero-order valence-corrected chi connectivity index (χ0v) is 11.5. The van der Waals surface area contributed by atoms with Crippen LogP contribution < -0.4 is 5.73 Å². The van der Waals surface area contributed by atoms with Crippen molar-refractivity contribution >= 4 is 16.7 Å². The van der Waals surface area contributed by atoms with E-state index >= 15 is 0 Å². The Morgan fingerprint density at radius 1 is 1.35 bits per heavy atom. The zero-order chi connectivity index (χ0) is 12.8. The number of likely N-dealkylation sites (N-methyl/N-ethyl adjacent to an activating group) is 1. The molecule has 0 aromatic carbocycles. The molecule has 17 heavy (non-hydrogen) atoms. The fourth-order valence-electron chi connectivity index (χ4n) is 1.67. The second-order valence-electron chi connectivity index (χ2n) is 4.74. The maximum Gasteiger partial charge on any atom is 0.235 e. The number of hydrogen-bond acceptors (Lipinski definition) is 4. The quantitative estimate of drug-likeness (QED) is 0.707. The molecular formula is C11H23N3O2S. The molecule has 2 unspecified atom stereocenters. The van der Waals surface area contributed by atoms with Crippen LogP contribution in [0.5, 0.6) is 0 Å². The molecule has 0 spiro atoms. The second kappa shape index (κ2) is 7.08. The lowest BCUT2D eigenvalue weighted by molar-refractivity contribution is -0.129. The number of rotatable bonds is 5. The third-order valence-electron chi connectivity index (χ3n) is 2.94. The molecule has 5 nitrogen and oxygen atoms in total. The highest BCUT2D eigenvalue weighted by atomic mass is 32.2. The monoisotopic (exact) mass is 261 g/mol. The van der Waals surface area contributed by atoms with Crippen molar-refractivity contribution in [2.45, 2.75) is 19.4 Å². The van der Waals surface area contributed by atoms with E-state index in [4.69, 9.17) is 5.73 Å². The number of piperazine rings is 1. The fourth-order valence-corrected chi connectivity index (χ4v) is 2.91. The summed E-state index contributed by atoms with van der Waals surface area (Å²) in [6.45, 7) is 5.19. The Bertz CT molecular complexity index is 276. The van der Waals surface area contributed by atoms with Crippen LogP contribution in [0.4, 0.5) is 0 Å². The number of nitrogens with zero attached hydrogens (tertiary/aromatic N) is 2. The minimum atomic E-state index is -1.07. The van der Waals surface area contributed by atoms with Crippen LogP contribution in [0, 0.1) is 0 Å². The third kappa shape index (κ3) is 5.61. The smallest absolute Gasteiger partial charge is 0.235 e. The van der Waals surface area contributed by atoms with Gasteiger partial charge >= 0.3 is 0 Å². The topological polar surface area (TPSA) is 66.6 Å². The minimum absolute atomic E-state index is 0.0149. The van der Waals surface area contributed by atoms with Crippen molar-refractivity contribution in [3.63, 3.8) is 0 Å². The Kier molecular flexibility index (Phi) is 6.08. The van der Waals surface area contributed by atoms with Gasteiger partial charge < -0.3 is 15.5 Å². The van der Waals surface area contributed by atoms with Crippen LogP contribution in [-0.4, -0.2) is 70.7 Å². The summed E-state index contributed by atoms with van der Waals surface area (Å²) in [6.07, 6.45) is 0.711. The molecule has 1 rings (SSSR count). The minimum Gasteiger partial charge on any atom is -0.339 e. The lowest BCUT2D eigenvalue weighted by Crippen LogP contribution is -2.48. The van der Waals surface area contributed by atoms with Gasteiger partial charge in [-0.25, -0.2) is 0 Å². The summed E-state index contributed by atoms with van der Waals surface area (Å²) in [5.41, 5.74) is 5.59. The first-order chi connectivity index (χ1) is 7.99. The highest BCUT2D eigenvalue weighted by Gasteiger charge is 2.20. The molecule has 1 fully saturated rings. The van der Waals surface area contributed by atoms with Crippen LogP contribution in [0.2, 0.25) is 0 Å². The van der Waals surface area contributed by atoms with E-state index < -0.39 is 10.8 Å². The van der Waals surface area contributed by atoms with E-state index in [2.05, 4.69) is 4.90 Å². The third-order valence-corrected chi connectivity index (χ3v) is 4.20. The maximum atomic E-state index is 11.8. The van der Waals surface area contributed by atoms with Crippen LogP contribution in [0.1, 0.15) is 13.3 Å². The Hall–Kier alpha value is -0.460. The van der Waals surface area contributed by atoms with Gasteiger partial charge in [0.25, 0.3) is 0 Å². The van der Waals surface area contributed by atoms with Crippen LogP contribution in [0.15, 0.2) is 0 Å². The van der Waals surface area contributed by atoms with E-state index in [9.17, 15) is 9.00 Å². The van der Waals surface area contributed by atoms with Crippen molar-refractivity contribution < 1.29 is 9.00 Å². The molecule has 1 amide bonds. The Morgan fingerprint density at radius 2 is 1.94 bits per heavy atom. The van der Waals surface area contributed by atoms with Crippen molar-refractivity contribution in [2.24, 2.45) is 5.73 Å². The van der Waals surface area contributed by atoms with Gasteiger partial charge in [0.2, 0.25) is 5.91 Å². The van der Waals surface area contributed by atoms with Gasteiger partial charge in [-0.3, -0.25) is 9.00 Å². The van der Waals surface area contributed by atoms with Crippen molar-refractivity contribution in [2.75, 3.05) is 44.7 Å². The summed E-state index contributed by atoms with van der Waals surface area (Å²) in [7, 11) is 0.978. The van der Waals surface area contributed by atoms with Crippen LogP contribution in [-0.2, 0) is 15.6 Å². The average molecular weight is 261 g/mol.